The first-order valence-corrected chi connectivity index (χ1v) is 6.17. The van der Waals surface area contributed by atoms with E-state index in [2.05, 4.69) is 0 Å². The quantitative estimate of drug-likeness (QED) is 0.520. The van der Waals surface area contributed by atoms with Crippen LogP contribution in [0.15, 0.2) is 0 Å². The summed E-state index contributed by atoms with van der Waals surface area (Å²) in [6.45, 7) is 5.34. The zero-order chi connectivity index (χ0) is 13.8. The molecule has 18 heavy (non-hydrogen) atoms. The fourth-order valence-electron chi connectivity index (χ4n) is 2.36. The van der Waals surface area contributed by atoms with Gasteiger partial charge in [0.2, 0.25) is 0 Å². The molecule has 0 aromatic carbocycles. The molecule has 0 aliphatic carbocycles. The van der Waals surface area contributed by atoms with E-state index < -0.39 is 17.4 Å². The van der Waals surface area contributed by atoms with Crippen LogP contribution in [0.5, 0.6) is 0 Å². The number of hydrogen-bond donors (Lipinski definition) is 0. The van der Waals surface area contributed by atoms with Gasteiger partial charge < -0.3 is 9.47 Å². The summed E-state index contributed by atoms with van der Waals surface area (Å²) in [6, 6.07) is 0. The van der Waals surface area contributed by atoms with Crippen molar-refractivity contribution in [2.75, 3.05) is 47.1 Å². The average molecular weight is 258 g/mol. The summed E-state index contributed by atoms with van der Waals surface area (Å²) < 4.78 is 10.1. The van der Waals surface area contributed by atoms with Gasteiger partial charge in [-0.15, -0.1) is 0 Å². The summed E-state index contributed by atoms with van der Waals surface area (Å²) >= 11 is 0. The SMILES string of the molecule is CCOC(=O)C1(C(=O)OCC)CN(C)CN(C)C1. The van der Waals surface area contributed by atoms with Gasteiger partial charge in [-0.2, -0.15) is 0 Å². The van der Waals surface area contributed by atoms with Crippen molar-refractivity contribution in [1.82, 2.24) is 9.80 Å². The summed E-state index contributed by atoms with van der Waals surface area (Å²) in [5.74, 6) is -0.997. The van der Waals surface area contributed by atoms with Gasteiger partial charge in [0.15, 0.2) is 5.41 Å². The van der Waals surface area contributed by atoms with Crippen LogP contribution in [0, 0.1) is 5.41 Å². The molecule has 1 rings (SSSR count). The highest BCUT2D eigenvalue weighted by atomic mass is 16.6. The number of esters is 2. The third-order valence-corrected chi connectivity index (χ3v) is 2.89. The van der Waals surface area contributed by atoms with E-state index in [-0.39, 0.29) is 13.2 Å². The zero-order valence-electron chi connectivity index (χ0n) is 11.6. The Kier molecular flexibility index (Phi) is 5.10. The van der Waals surface area contributed by atoms with E-state index in [1.165, 1.54) is 0 Å². The van der Waals surface area contributed by atoms with Crippen molar-refractivity contribution in [3.05, 3.63) is 0 Å². The van der Waals surface area contributed by atoms with Gasteiger partial charge in [-0.3, -0.25) is 19.4 Å². The van der Waals surface area contributed by atoms with Crippen LogP contribution in [0.4, 0.5) is 0 Å². The molecule has 0 radical (unpaired) electrons. The first kappa shape index (κ1) is 14.9. The van der Waals surface area contributed by atoms with Crippen LogP contribution in [0.1, 0.15) is 13.8 Å². The number of carbonyl (C=O) groups is 2. The second-order valence-corrected chi connectivity index (χ2v) is 4.69. The van der Waals surface area contributed by atoms with Crippen molar-refractivity contribution in [2.45, 2.75) is 13.8 Å². The topological polar surface area (TPSA) is 59.1 Å². The Morgan fingerprint density at radius 1 is 1.00 bits per heavy atom. The van der Waals surface area contributed by atoms with E-state index in [0.717, 1.165) is 0 Å². The Morgan fingerprint density at radius 2 is 1.39 bits per heavy atom. The van der Waals surface area contributed by atoms with Crippen molar-refractivity contribution >= 4 is 11.9 Å². The molecule has 0 saturated carbocycles. The molecule has 6 heteroatoms. The van der Waals surface area contributed by atoms with E-state index in [4.69, 9.17) is 9.47 Å². The number of hydrogen-bond acceptors (Lipinski definition) is 6. The number of ether oxygens (including phenoxy) is 2. The first-order chi connectivity index (χ1) is 8.46. The maximum absolute atomic E-state index is 12.2. The molecular formula is C12H22N2O4. The van der Waals surface area contributed by atoms with Crippen molar-refractivity contribution in [2.24, 2.45) is 5.41 Å². The monoisotopic (exact) mass is 258 g/mol. The summed E-state index contributed by atoms with van der Waals surface area (Å²) in [5.41, 5.74) is -1.23. The van der Waals surface area contributed by atoms with Gasteiger partial charge in [0.1, 0.15) is 0 Å². The summed E-state index contributed by atoms with van der Waals surface area (Å²) in [5, 5.41) is 0. The molecular weight excluding hydrogens is 236 g/mol. The van der Waals surface area contributed by atoms with Gasteiger partial charge in [-0.25, -0.2) is 0 Å². The Hall–Kier alpha value is -1.14. The Bertz CT molecular complexity index is 289. The van der Waals surface area contributed by atoms with E-state index in [1.54, 1.807) is 13.8 Å². The van der Waals surface area contributed by atoms with Crippen LogP contribution in [0.2, 0.25) is 0 Å². The molecule has 0 spiro atoms. The molecule has 1 fully saturated rings. The van der Waals surface area contributed by atoms with Gasteiger partial charge >= 0.3 is 11.9 Å². The van der Waals surface area contributed by atoms with Crippen LogP contribution in [-0.2, 0) is 19.1 Å². The normalized spacial score (nSPS) is 20.4. The number of carbonyl (C=O) groups excluding carboxylic acids is 2. The van der Waals surface area contributed by atoms with Crippen molar-refractivity contribution in [3.63, 3.8) is 0 Å². The van der Waals surface area contributed by atoms with Gasteiger partial charge in [0, 0.05) is 13.1 Å². The fraction of sp³-hybridized carbons (Fsp3) is 0.833. The third kappa shape index (κ3) is 3.00. The second-order valence-electron chi connectivity index (χ2n) is 4.69. The lowest BCUT2D eigenvalue weighted by Gasteiger charge is -2.41. The summed E-state index contributed by atoms with van der Waals surface area (Å²) in [7, 11) is 3.73. The molecule has 0 aromatic heterocycles. The summed E-state index contributed by atoms with van der Waals surface area (Å²) in [6.07, 6.45) is 0. The summed E-state index contributed by atoms with van der Waals surface area (Å²) in [4.78, 5) is 28.1. The minimum atomic E-state index is -1.23. The maximum atomic E-state index is 12.2. The molecule has 1 aliphatic rings. The number of rotatable bonds is 4. The van der Waals surface area contributed by atoms with Crippen LogP contribution < -0.4 is 0 Å². The lowest BCUT2D eigenvalue weighted by Crippen LogP contribution is -2.61. The fourth-order valence-corrected chi connectivity index (χ4v) is 2.36. The minimum absolute atomic E-state index is 0.257. The van der Waals surface area contributed by atoms with Gasteiger partial charge in [-0.05, 0) is 27.9 Å². The smallest absolute Gasteiger partial charge is 0.326 e. The third-order valence-electron chi connectivity index (χ3n) is 2.89. The molecule has 0 amide bonds. The Labute approximate surface area is 108 Å². The van der Waals surface area contributed by atoms with Crippen LogP contribution in [0.3, 0.4) is 0 Å². The molecule has 6 nitrogen and oxygen atoms in total. The molecule has 0 bridgehead atoms. The molecule has 0 atom stereocenters. The zero-order valence-corrected chi connectivity index (χ0v) is 11.6. The largest absolute Gasteiger partial charge is 0.465 e. The van der Waals surface area contributed by atoms with E-state index in [0.29, 0.717) is 19.8 Å². The molecule has 104 valence electrons. The van der Waals surface area contributed by atoms with E-state index in [9.17, 15) is 9.59 Å². The van der Waals surface area contributed by atoms with Crippen LogP contribution in [-0.4, -0.2) is 68.8 Å². The highest BCUT2D eigenvalue weighted by molar-refractivity contribution is 6.01. The molecule has 1 heterocycles. The predicted octanol–water partition coefficient (Wildman–Crippen LogP) is -0.0663. The van der Waals surface area contributed by atoms with Gasteiger partial charge in [-0.1, -0.05) is 0 Å². The van der Waals surface area contributed by atoms with E-state index >= 15 is 0 Å². The van der Waals surface area contributed by atoms with Crippen molar-refractivity contribution in [3.8, 4) is 0 Å². The highest BCUT2D eigenvalue weighted by Gasteiger charge is 2.52. The standard InChI is InChI=1S/C12H22N2O4/c1-5-17-10(15)12(11(16)18-6-2)7-13(3)9-14(4)8-12/h5-9H2,1-4H3. The van der Waals surface area contributed by atoms with Crippen molar-refractivity contribution in [1.29, 1.82) is 0 Å². The molecule has 1 saturated heterocycles. The average Bonchev–Trinajstić information content (AvgIpc) is 2.28. The number of nitrogens with zero attached hydrogens (tertiary/aromatic N) is 2. The molecule has 1 aliphatic heterocycles. The molecule has 0 N–H and O–H groups in total. The van der Waals surface area contributed by atoms with Crippen LogP contribution in [0.25, 0.3) is 0 Å². The lowest BCUT2D eigenvalue weighted by molar-refractivity contribution is -0.179. The highest BCUT2D eigenvalue weighted by Crippen LogP contribution is 2.27. The van der Waals surface area contributed by atoms with E-state index in [1.807, 2.05) is 23.9 Å². The maximum Gasteiger partial charge on any atom is 0.326 e. The second kappa shape index (κ2) is 6.15. The minimum Gasteiger partial charge on any atom is -0.465 e. The first-order valence-electron chi connectivity index (χ1n) is 6.17. The molecule has 0 unspecified atom stereocenters. The molecule has 0 aromatic rings. The Morgan fingerprint density at radius 3 is 1.72 bits per heavy atom. The Balaban J connectivity index is 2.99. The van der Waals surface area contributed by atoms with Crippen molar-refractivity contribution < 1.29 is 19.1 Å². The van der Waals surface area contributed by atoms with Gasteiger partial charge in [0.25, 0.3) is 0 Å². The van der Waals surface area contributed by atoms with Crippen LogP contribution >= 0.6 is 0 Å². The van der Waals surface area contributed by atoms with Gasteiger partial charge in [0.05, 0.1) is 19.9 Å². The lowest BCUT2D eigenvalue weighted by atomic mass is 9.85. The predicted molar refractivity (Wildman–Crippen MR) is 65.8 cm³/mol.